The average Bonchev–Trinajstić information content (AvgIpc) is 2.88. The predicted octanol–water partition coefficient (Wildman–Crippen LogP) is 1.67. The molecular formula is C25H33N5O5S. The van der Waals surface area contributed by atoms with Crippen LogP contribution in [0.1, 0.15) is 58.4 Å². The highest BCUT2D eigenvalue weighted by Gasteiger charge is 2.21. The summed E-state index contributed by atoms with van der Waals surface area (Å²) in [5, 5.41) is 8.19. The van der Waals surface area contributed by atoms with Gasteiger partial charge in [0.25, 0.3) is 21.8 Å². The standard InChI is InChI=1S/C25H33N5O5S/c26-15-17-28-24(32)20-10-8-19(9-11-20)23(31)27-16-14-18-6-12-22(13-7-18)36(34,35)30-25(33)29-21-4-2-1-3-5-21/h6-13,21H,1-5,14-17,26H2,(H,27,31)(H,28,32)(H2,29,30,33). The average molecular weight is 516 g/mol. The molecule has 3 rings (SSSR count). The molecule has 0 saturated heterocycles. The summed E-state index contributed by atoms with van der Waals surface area (Å²) in [6.07, 6.45) is 5.39. The summed E-state index contributed by atoms with van der Waals surface area (Å²) in [5.74, 6) is -0.533. The molecule has 0 heterocycles. The fourth-order valence-corrected chi connectivity index (χ4v) is 4.88. The van der Waals surface area contributed by atoms with Crippen LogP contribution in [0.2, 0.25) is 0 Å². The molecule has 4 amide bonds. The van der Waals surface area contributed by atoms with E-state index in [9.17, 15) is 22.8 Å². The quantitative estimate of drug-likeness (QED) is 0.324. The second-order valence-corrected chi connectivity index (χ2v) is 10.4. The molecule has 10 nitrogen and oxygen atoms in total. The number of hydrogen-bond acceptors (Lipinski definition) is 6. The molecule has 36 heavy (non-hydrogen) atoms. The van der Waals surface area contributed by atoms with Gasteiger partial charge in [0.15, 0.2) is 0 Å². The molecule has 0 spiro atoms. The SMILES string of the molecule is NCCNC(=O)c1ccc(C(=O)NCCc2ccc(S(=O)(=O)NC(=O)NC3CCCCC3)cc2)cc1. The fraction of sp³-hybridized carbons (Fsp3) is 0.400. The minimum atomic E-state index is -3.98. The Labute approximate surface area is 211 Å². The Bertz CT molecular complexity index is 1140. The second-order valence-electron chi connectivity index (χ2n) is 8.69. The third-order valence-corrected chi connectivity index (χ3v) is 7.29. The van der Waals surface area contributed by atoms with Crippen LogP contribution < -0.4 is 26.4 Å². The van der Waals surface area contributed by atoms with E-state index in [1.54, 1.807) is 36.4 Å². The van der Waals surface area contributed by atoms with Crippen molar-refractivity contribution in [3.63, 3.8) is 0 Å². The van der Waals surface area contributed by atoms with Gasteiger partial charge in [-0.25, -0.2) is 17.9 Å². The maximum Gasteiger partial charge on any atom is 0.328 e. The molecule has 1 aliphatic rings. The van der Waals surface area contributed by atoms with Crippen molar-refractivity contribution in [3.8, 4) is 0 Å². The molecular weight excluding hydrogens is 482 g/mol. The third kappa shape index (κ3) is 8.06. The van der Waals surface area contributed by atoms with Crippen molar-refractivity contribution in [2.45, 2.75) is 49.5 Å². The monoisotopic (exact) mass is 515 g/mol. The van der Waals surface area contributed by atoms with Crippen molar-refractivity contribution < 1.29 is 22.8 Å². The van der Waals surface area contributed by atoms with Gasteiger partial charge in [0, 0.05) is 36.8 Å². The highest BCUT2D eigenvalue weighted by atomic mass is 32.2. The van der Waals surface area contributed by atoms with Crippen LogP contribution in [0.5, 0.6) is 0 Å². The summed E-state index contributed by atoms with van der Waals surface area (Å²) in [6.45, 7) is 1.06. The lowest BCUT2D eigenvalue weighted by Gasteiger charge is -2.22. The van der Waals surface area contributed by atoms with Crippen LogP contribution in [0.3, 0.4) is 0 Å². The van der Waals surface area contributed by atoms with Crippen LogP contribution in [-0.2, 0) is 16.4 Å². The lowest BCUT2D eigenvalue weighted by atomic mass is 9.96. The summed E-state index contributed by atoms with van der Waals surface area (Å²) in [6, 6.07) is 11.7. The Morgan fingerprint density at radius 2 is 1.36 bits per heavy atom. The lowest BCUT2D eigenvalue weighted by Crippen LogP contribution is -2.45. The van der Waals surface area contributed by atoms with E-state index in [-0.39, 0.29) is 22.8 Å². The Kier molecular flexibility index (Phi) is 9.83. The summed E-state index contributed by atoms with van der Waals surface area (Å²) < 4.78 is 27.1. The van der Waals surface area contributed by atoms with Crippen molar-refractivity contribution in [3.05, 3.63) is 65.2 Å². The van der Waals surface area contributed by atoms with Gasteiger partial charge in [0.1, 0.15) is 0 Å². The van der Waals surface area contributed by atoms with Crippen molar-refractivity contribution in [1.29, 1.82) is 0 Å². The van der Waals surface area contributed by atoms with Crippen LogP contribution in [0.25, 0.3) is 0 Å². The maximum atomic E-state index is 12.5. The van der Waals surface area contributed by atoms with E-state index in [0.29, 0.717) is 37.2 Å². The first-order chi connectivity index (χ1) is 17.3. The minimum Gasteiger partial charge on any atom is -0.352 e. The molecule has 0 aliphatic heterocycles. The molecule has 194 valence electrons. The highest BCUT2D eigenvalue weighted by Crippen LogP contribution is 2.17. The van der Waals surface area contributed by atoms with E-state index in [0.717, 1.165) is 37.7 Å². The van der Waals surface area contributed by atoms with E-state index in [1.807, 2.05) is 0 Å². The van der Waals surface area contributed by atoms with Gasteiger partial charge in [0.2, 0.25) is 0 Å². The molecule has 0 aromatic heterocycles. The topological polar surface area (TPSA) is 159 Å². The van der Waals surface area contributed by atoms with Gasteiger partial charge in [-0.15, -0.1) is 0 Å². The number of hydrogen-bond donors (Lipinski definition) is 5. The number of sulfonamides is 1. The molecule has 0 radical (unpaired) electrons. The first-order valence-electron chi connectivity index (χ1n) is 12.1. The molecule has 0 bridgehead atoms. The van der Waals surface area contributed by atoms with Gasteiger partial charge in [-0.3, -0.25) is 9.59 Å². The van der Waals surface area contributed by atoms with E-state index >= 15 is 0 Å². The molecule has 1 aliphatic carbocycles. The summed E-state index contributed by atoms with van der Waals surface area (Å²) in [4.78, 5) is 36.4. The molecule has 1 fully saturated rings. The van der Waals surface area contributed by atoms with Gasteiger partial charge in [-0.1, -0.05) is 31.4 Å². The van der Waals surface area contributed by atoms with Gasteiger partial charge >= 0.3 is 6.03 Å². The van der Waals surface area contributed by atoms with Crippen molar-refractivity contribution >= 4 is 27.9 Å². The number of rotatable bonds is 10. The zero-order valence-corrected chi connectivity index (χ0v) is 20.9. The minimum absolute atomic E-state index is 0.00491. The molecule has 2 aromatic rings. The van der Waals surface area contributed by atoms with Crippen LogP contribution in [-0.4, -0.2) is 51.9 Å². The Balaban J connectivity index is 1.45. The molecule has 0 atom stereocenters. The number of carbonyl (C=O) groups is 3. The summed E-state index contributed by atoms with van der Waals surface area (Å²) >= 11 is 0. The molecule has 2 aromatic carbocycles. The van der Waals surface area contributed by atoms with Crippen LogP contribution in [0, 0.1) is 0 Å². The zero-order chi connectivity index (χ0) is 26.0. The van der Waals surface area contributed by atoms with Crippen molar-refractivity contribution in [2.24, 2.45) is 5.73 Å². The smallest absolute Gasteiger partial charge is 0.328 e. The summed E-state index contributed by atoms with van der Waals surface area (Å²) in [5.41, 5.74) is 7.06. The number of amides is 4. The molecule has 11 heteroatoms. The van der Waals surface area contributed by atoms with Gasteiger partial charge in [0.05, 0.1) is 4.90 Å². The normalized spacial score (nSPS) is 14.0. The number of carbonyl (C=O) groups excluding carboxylic acids is 3. The molecule has 6 N–H and O–H groups in total. The number of nitrogens with two attached hydrogens (primary N) is 1. The first kappa shape index (κ1) is 27.2. The fourth-order valence-electron chi connectivity index (χ4n) is 3.96. The predicted molar refractivity (Wildman–Crippen MR) is 136 cm³/mol. The van der Waals surface area contributed by atoms with Crippen LogP contribution in [0.4, 0.5) is 4.79 Å². The maximum absolute atomic E-state index is 12.5. The van der Waals surface area contributed by atoms with E-state index < -0.39 is 16.1 Å². The van der Waals surface area contributed by atoms with Crippen molar-refractivity contribution in [1.82, 2.24) is 20.7 Å². The van der Waals surface area contributed by atoms with Gasteiger partial charge < -0.3 is 21.7 Å². The van der Waals surface area contributed by atoms with Gasteiger partial charge in [-0.05, 0) is 61.2 Å². The Morgan fingerprint density at radius 1 is 0.806 bits per heavy atom. The zero-order valence-electron chi connectivity index (χ0n) is 20.1. The number of urea groups is 1. The van der Waals surface area contributed by atoms with Crippen molar-refractivity contribution in [2.75, 3.05) is 19.6 Å². The number of nitrogens with one attached hydrogen (secondary N) is 4. The molecule has 0 unspecified atom stereocenters. The Morgan fingerprint density at radius 3 is 1.92 bits per heavy atom. The van der Waals surface area contributed by atoms with E-state index in [1.165, 1.54) is 12.1 Å². The second kappa shape index (κ2) is 13.0. The lowest BCUT2D eigenvalue weighted by molar-refractivity contribution is 0.0942. The van der Waals surface area contributed by atoms with E-state index in [2.05, 4.69) is 20.7 Å². The van der Waals surface area contributed by atoms with Crippen LogP contribution in [0.15, 0.2) is 53.4 Å². The first-order valence-corrected chi connectivity index (χ1v) is 13.6. The number of benzene rings is 2. The van der Waals surface area contributed by atoms with Gasteiger partial charge in [-0.2, -0.15) is 0 Å². The van der Waals surface area contributed by atoms with Crippen LogP contribution >= 0.6 is 0 Å². The largest absolute Gasteiger partial charge is 0.352 e. The highest BCUT2D eigenvalue weighted by molar-refractivity contribution is 7.90. The third-order valence-electron chi connectivity index (χ3n) is 5.94. The van der Waals surface area contributed by atoms with E-state index in [4.69, 9.17) is 5.73 Å². The Hall–Kier alpha value is -3.44. The summed E-state index contributed by atoms with van der Waals surface area (Å²) in [7, 11) is -3.98. The molecule has 1 saturated carbocycles.